The number of nitrogens with one attached hydrogen (secondary N) is 1. The van der Waals surface area contributed by atoms with Crippen LogP contribution in [-0.4, -0.2) is 59.2 Å². The molecule has 2 rings (SSSR count). The van der Waals surface area contributed by atoms with Crippen molar-refractivity contribution in [3.63, 3.8) is 0 Å². The van der Waals surface area contributed by atoms with Gasteiger partial charge in [0.2, 0.25) is 0 Å². The highest BCUT2D eigenvalue weighted by atomic mass is 16.5. The SMILES string of the molecule is CCc1ncncc1C(=O)NCCN1CC(C)OC(C)C1. The second-order valence-corrected chi connectivity index (χ2v) is 5.51. The number of rotatable bonds is 5. The van der Waals surface area contributed by atoms with Crippen molar-refractivity contribution in [3.8, 4) is 0 Å². The monoisotopic (exact) mass is 292 g/mol. The Balaban J connectivity index is 1.81. The van der Waals surface area contributed by atoms with Crippen LogP contribution in [0.5, 0.6) is 0 Å². The number of amides is 1. The minimum absolute atomic E-state index is 0.0955. The lowest BCUT2D eigenvalue weighted by Crippen LogP contribution is -2.47. The molecule has 1 aliphatic rings. The maximum absolute atomic E-state index is 12.2. The Hall–Kier alpha value is -1.53. The van der Waals surface area contributed by atoms with Crippen LogP contribution in [0.15, 0.2) is 12.5 Å². The van der Waals surface area contributed by atoms with Crippen molar-refractivity contribution < 1.29 is 9.53 Å². The van der Waals surface area contributed by atoms with Gasteiger partial charge in [-0.1, -0.05) is 6.92 Å². The number of morpholine rings is 1. The minimum Gasteiger partial charge on any atom is -0.373 e. The van der Waals surface area contributed by atoms with E-state index in [1.807, 2.05) is 6.92 Å². The summed E-state index contributed by atoms with van der Waals surface area (Å²) in [6.07, 6.45) is 4.29. The second-order valence-electron chi connectivity index (χ2n) is 5.51. The first-order valence-corrected chi connectivity index (χ1v) is 7.55. The van der Waals surface area contributed by atoms with Crippen LogP contribution >= 0.6 is 0 Å². The Kier molecular flexibility index (Phi) is 5.64. The van der Waals surface area contributed by atoms with E-state index in [0.717, 1.165) is 31.7 Å². The van der Waals surface area contributed by atoms with Gasteiger partial charge >= 0.3 is 0 Å². The Morgan fingerprint density at radius 1 is 1.43 bits per heavy atom. The Labute approximate surface area is 125 Å². The molecular formula is C15H24N4O2. The lowest BCUT2D eigenvalue weighted by atomic mass is 10.2. The van der Waals surface area contributed by atoms with Crippen LogP contribution in [0.3, 0.4) is 0 Å². The molecule has 116 valence electrons. The maximum atomic E-state index is 12.2. The Morgan fingerprint density at radius 3 is 2.81 bits per heavy atom. The third kappa shape index (κ3) is 4.47. The van der Waals surface area contributed by atoms with Crippen molar-refractivity contribution in [1.29, 1.82) is 0 Å². The zero-order valence-electron chi connectivity index (χ0n) is 13.0. The van der Waals surface area contributed by atoms with E-state index >= 15 is 0 Å². The molecule has 6 heteroatoms. The van der Waals surface area contributed by atoms with Crippen molar-refractivity contribution in [2.45, 2.75) is 39.4 Å². The van der Waals surface area contributed by atoms with Gasteiger partial charge < -0.3 is 10.1 Å². The molecule has 0 aliphatic carbocycles. The van der Waals surface area contributed by atoms with Crippen molar-refractivity contribution in [2.24, 2.45) is 0 Å². The number of nitrogens with zero attached hydrogens (tertiary/aromatic N) is 3. The molecular weight excluding hydrogens is 268 g/mol. The van der Waals surface area contributed by atoms with Gasteiger partial charge in [0.15, 0.2) is 0 Å². The summed E-state index contributed by atoms with van der Waals surface area (Å²) in [5.41, 5.74) is 1.36. The number of hydrogen-bond acceptors (Lipinski definition) is 5. The Morgan fingerprint density at radius 2 is 2.14 bits per heavy atom. The summed E-state index contributed by atoms with van der Waals surface area (Å²) in [5.74, 6) is -0.0955. The summed E-state index contributed by atoms with van der Waals surface area (Å²) in [5, 5.41) is 2.95. The lowest BCUT2D eigenvalue weighted by molar-refractivity contribution is -0.0672. The van der Waals surface area contributed by atoms with Crippen LogP contribution in [-0.2, 0) is 11.2 Å². The van der Waals surface area contributed by atoms with Gasteiger partial charge in [0.05, 0.1) is 23.5 Å². The van der Waals surface area contributed by atoms with Crippen LogP contribution in [0.25, 0.3) is 0 Å². The summed E-state index contributed by atoms with van der Waals surface area (Å²) in [7, 11) is 0. The van der Waals surface area contributed by atoms with Gasteiger partial charge in [0.25, 0.3) is 5.91 Å². The van der Waals surface area contributed by atoms with Crippen molar-refractivity contribution in [3.05, 3.63) is 23.8 Å². The number of aryl methyl sites for hydroxylation is 1. The fourth-order valence-electron chi connectivity index (χ4n) is 2.72. The van der Waals surface area contributed by atoms with Crippen LogP contribution in [0.2, 0.25) is 0 Å². The van der Waals surface area contributed by atoms with E-state index in [1.54, 1.807) is 6.20 Å². The van der Waals surface area contributed by atoms with Crippen molar-refractivity contribution in [2.75, 3.05) is 26.2 Å². The molecule has 1 aliphatic heterocycles. The van der Waals surface area contributed by atoms with Gasteiger partial charge in [-0.2, -0.15) is 0 Å². The minimum atomic E-state index is -0.0955. The van der Waals surface area contributed by atoms with E-state index in [0.29, 0.717) is 12.1 Å². The van der Waals surface area contributed by atoms with Gasteiger partial charge in [0, 0.05) is 32.4 Å². The molecule has 1 fully saturated rings. The maximum Gasteiger partial charge on any atom is 0.254 e. The number of hydrogen-bond donors (Lipinski definition) is 1. The first kappa shape index (κ1) is 15.9. The first-order chi connectivity index (χ1) is 10.1. The summed E-state index contributed by atoms with van der Waals surface area (Å²) in [6.45, 7) is 9.42. The average molecular weight is 292 g/mol. The summed E-state index contributed by atoms with van der Waals surface area (Å²) < 4.78 is 5.70. The highest BCUT2D eigenvalue weighted by molar-refractivity contribution is 5.94. The number of ether oxygens (including phenoxy) is 1. The fourth-order valence-corrected chi connectivity index (χ4v) is 2.72. The second kappa shape index (κ2) is 7.47. The summed E-state index contributed by atoms with van der Waals surface area (Å²) in [6, 6.07) is 0. The summed E-state index contributed by atoms with van der Waals surface area (Å²) in [4.78, 5) is 22.6. The lowest BCUT2D eigenvalue weighted by Gasteiger charge is -2.35. The molecule has 21 heavy (non-hydrogen) atoms. The molecule has 2 heterocycles. The molecule has 0 bridgehead atoms. The molecule has 0 radical (unpaired) electrons. The van der Waals surface area contributed by atoms with Gasteiger partial charge in [-0.25, -0.2) is 9.97 Å². The van der Waals surface area contributed by atoms with E-state index in [4.69, 9.17) is 4.74 Å². The number of carbonyl (C=O) groups excluding carboxylic acids is 1. The molecule has 0 saturated carbocycles. The predicted molar refractivity (Wildman–Crippen MR) is 80.2 cm³/mol. The zero-order chi connectivity index (χ0) is 15.2. The molecule has 2 atom stereocenters. The van der Waals surface area contributed by atoms with Gasteiger partial charge in [-0.05, 0) is 20.3 Å². The Bertz CT molecular complexity index is 470. The van der Waals surface area contributed by atoms with Gasteiger partial charge in [0.1, 0.15) is 6.33 Å². The van der Waals surface area contributed by atoms with Crippen LogP contribution < -0.4 is 5.32 Å². The van der Waals surface area contributed by atoms with Crippen LogP contribution in [0.1, 0.15) is 36.8 Å². The van der Waals surface area contributed by atoms with Crippen molar-refractivity contribution in [1.82, 2.24) is 20.2 Å². The standard InChI is InChI=1S/C15H24N4O2/c1-4-14-13(7-16-10-18-14)15(20)17-5-6-19-8-11(2)21-12(3)9-19/h7,10-12H,4-6,8-9H2,1-3H3,(H,17,20). The highest BCUT2D eigenvalue weighted by Gasteiger charge is 2.21. The number of carbonyl (C=O) groups is 1. The van der Waals surface area contributed by atoms with Crippen molar-refractivity contribution >= 4 is 5.91 Å². The van der Waals surface area contributed by atoms with E-state index in [9.17, 15) is 4.79 Å². The van der Waals surface area contributed by atoms with Gasteiger partial charge in [-0.3, -0.25) is 9.69 Å². The molecule has 1 saturated heterocycles. The molecule has 1 aromatic rings. The smallest absolute Gasteiger partial charge is 0.254 e. The van der Waals surface area contributed by atoms with Crippen LogP contribution in [0, 0.1) is 0 Å². The third-order valence-corrected chi connectivity index (χ3v) is 3.58. The largest absolute Gasteiger partial charge is 0.373 e. The molecule has 2 unspecified atom stereocenters. The number of aromatic nitrogens is 2. The summed E-state index contributed by atoms with van der Waals surface area (Å²) >= 11 is 0. The molecule has 0 aromatic carbocycles. The molecule has 1 N–H and O–H groups in total. The van der Waals surface area contributed by atoms with E-state index in [2.05, 4.69) is 34.0 Å². The molecule has 6 nitrogen and oxygen atoms in total. The third-order valence-electron chi connectivity index (χ3n) is 3.58. The van der Waals surface area contributed by atoms with Gasteiger partial charge in [-0.15, -0.1) is 0 Å². The fraction of sp³-hybridized carbons (Fsp3) is 0.667. The quantitative estimate of drug-likeness (QED) is 0.872. The zero-order valence-corrected chi connectivity index (χ0v) is 13.0. The molecule has 1 aromatic heterocycles. The topological polar surface area (TPSA) is 67.4 Å². The van der Waals surface area contributed by atoms with E-state index < -0.39 is 0 Å². The molecule has 0 spiro atoms. The molecule has 1 amide bonds. The van der Waals surface area contributed by atoms with Crippen LogP contribution in [0.4, 0.5) is 0 Å². The van der Waals surface area contributed by atoms with E-state index in [-0.39, 0.29) is 18.1 Å². The average Bonchev–Trinajstić information content (AvgIpc) is 2.46. The predicted octanol–water partition coefficient (Wildman–Crippen LogP) is 0.878. The first-order valence-electron chi connectivity index (χ1n) is 7.55. The highest BCUT2D eigenvalue weighted by Crippen LogP contribution is 2.09. The van der Waals surface area contributed by atoms with E-state index in [1.165, 1.54) is 6.33 Å². The normalized spacial score (nSPS) is 23.0.